The van der Waals surface area contributed by atoms with Crippen LogP contribution in [0.4, 0.5) is 0 Å². The number of aliphatic hydroxyl groups excluding tert-OH is 1. The molecule has 1 aliphatic carbocycles. The third-order valence-corrected chi connectivity index (χ3v) is 2.90. The van der Waals surface area contributed by atoms with Crippen LogP contribution in [-0.4, -0.2) is 30.4 Å². The minimum absolute atomic E-state index is 0.0408. The van der Waals surface area contributed by atoms with E-state index in [0.717, 1.165) is 5.57 Å². The molecule has 1 rings (SSSR count). The molecule has 0 fully saturated rings. The summed E-state index contributed by atoms with van der Waals surface area (Å²) in [6.07, 6.45) is 2.29. The van der Waals surface area contributed by atoms with Gasteiger partial charge in [0.2, 0.25) is 5.78 Å². The fourth-order valence-electron chi connectivity index (χ4n) is 1.81. The summed E-state index contributed by atoms with van der Waals surface area (Å²) in [6, 6.07) is 0. The van der Waals surface area contributed by atoms with Gasteiger partial charge in [0.15, 0.2) is 11.5 Å². The molecule has 1 N–H and O–H groups in total. The van der Waals surface area contributed by atoms with Crippen LogP contribution in [-0.2, 0) is 14.3 Å². The third kappa shape index (κ3) is 2.59. The van der Waals surface area contributed by atoms with Gasteiger partial charge in [-0.05, 0) is 27.2 Å². The molecular weight excluding hydrogens is 232 g/mol. The fourth-order valence-corrected chi connectivity index (χ4v) is 1.81. The van der Waals surface area contributed by atoms with Crippen molar-refractivity contribution >= 4 is 11.6 Å². The highest BCUT2D eigenvalue weighted by molar-refractivity contribution is 6.24. The van der Waals surface area contributed by atoms with Crippen molar-refractivity contribution in [1.29, 1.82) is 0 Å². The molecule has 0 amide bonds. The molecule has 0 aliphatic heterocycles. The highest BCUT2D eigenvalue weighted by Crippen LogP contribution is 2.27. The molecule has 0 radical (unpaired) electrons. The van der Waals surface area contributed by atoms with Crippen molar-refractivity contribution in [2.45, 2.75) is 27.2 Å². The molecule has 0 aromatic carbocycles. The van der Waals surface area contributed by atoms with Crippen molar-refractivity contribution in [3.63, 3.8) is 0 Å². The monoisotopic (exact) mass is 250 g/mol. The van der Waals surface area contributed by atoms with Crippen molar-refractivity contribution < 1.29 is 19.4 Å². The SMILES string of the molecule is COC1=C(CO)C(=O)C(CC=C(C)C)=C(C)C1=O. The first-order valence-corrected chi connectivity index (χ1v) is 5.74. The normalized spacial score (nSPS) is 16.3. The lowest BCUT2D eigenvalue weighted by molar-refractivity contribution is -0.119. The predicted octanol–water partition coefficient (Wildman–Crippen LogP) is 1.70. The van der Waals surface area contributed by atoms with Gasteiger partial charge in [-0.2, -0.15) is 0 Å². The molecule has 0 saturated carbocycles. The van der Waals surface area contributed by atoms with E-state index in [1.54, 1.807) is 6.92 Å². The van der Waals surface area contributed by atoms with E-state index in [9.17, 15) is 14.7 Å². The van der Waals surface area contributed by atoms with E-state index in [1.165, 1.54) is 7.11 Å². The van der Waals surface area contributed by atoms with E-state index < -0.39 is 6.61 Å². The Kier molecular flexibility index (Phi) is 4.62. The molecule has 0 heterocycles. The maximum Gasteiger partial charge on any atom is 0.224 e. The lowest BCUT2D eigenvalue weighted by atomic mass is 9.87. The van der Waals surface area contributed by atoms with Gasteiger partial charge in [-0.15, -0.1) is 0 Å². The van der Waals surface area contributed by atoms with Gasteiger partial charge in [-0.1, -0.05) is 11.6 Å². The first-order valence-electron chi connectivity index (χ1n) is 5.74. The molecule has 0 atom stereocenters. The average molecular weight is 250 g/mol. The zero-order valence-electron chi connectivity index (χ0n) is 11.2. The summed E-state index contributed by atoms with van der Waals surface area (Å²) in [5.41, 5.74) is 1.95. The zero-order chi connectivity index (χ0) is 13.9. The van der Waals surface area contributed by atoms with Gasteiger partial charge >= 0.3 is 0 Å². The summed E-state index contributed by atoms with van der Waals surface area (Å²) in [5, 5.41) is 9.21. The first kappa shape index (κ1) is 14.4. The van der Waals surface area contributed by atoms with Gasteiger partial charge in [-0.25, -0.2) is 0 Å². The standard InChI is InChI=1S/C14H18O4/c1-8(2)5-6-10-9(3)12(16)14(18-4)11(7-15)13(10)17/h5,15H,6-7H2,1-4H3. The summed E-state index contributed by atoms with van der Waals surface area (Å²) in [6.45, 7) is 4.98. The van der Waals surface area contributed by atoms with Gasteiger partial charge in [0.1, 0.15) is 0 Å². The number of Topliss-reactive ketones (excluding diaryl/α,β-unsaturated/α-hetero) is 2. The van der Waals surface area contributed by atoms with E-state index in [4.69, 9.17) is 4.74 Å². The van der Waals surface area contributed by atoms with Crippen LogP contribution in [0.5, 0.6) is 0 Å². The van der Waals surface area contributed by atoms with Crippen molar-refractivity contribution in [1.82, 2.24) is 0 Å². The number of hydrogen-bond acceptors (Lipinski definition) is 4. The molecule has 0 aromatic heterocycles. The Morgan fingerprint density at radius 2 is 1.83 bits per heavy atom. The molecule has 0 aromatic rings. The second kappa shape index (κ2) is 5.78. The Labute approximate surface area is 107 Å². The number of rotatable bonds is 4. The number of carbonyl (C=O) groups is 2. The van der Waals surface area contributed by atoms with Crippen LogP contribution in [0.15, 0.2) is 34.1 Å². The topological polar surface area (TPSA) is 63.6 Å². The van der Waals surface area contributed by atoms with E-state index in [1.807, 2.05) is 19.9 Å². The number of ketones is 2. The van der Waals surface area contributed by atoms with E-state index in [-0.39, 0.29) is 22.9 Å². The second-order valence-electron chi connectivity index (χ2n) is 4.42. The van der Waals surface area contributed by atoms with Gasteiger partial charge in [-0.3, -0.25) is 9.59 Å². The van der Waals surface area contributed by atoms with Gasteiger partial charge in [0, 0.05) is 11.1 Å². The minimum atomic E-state index is -0.487. The van der Waals surface area contributed by atoms with Crippen molar-refractivity contribution in [3.05, 3.63) is 34.1 Å². The molecule has 18 heavy (non-hydrogen) atoms. The zero-order valence-corrected chi connectivity index (χ0v) is 11.2. The summed E-state index contributed by atoms with van der Waals surface area (Å²) in [5.74, 6) is -0.664. The van der Waals surface area contributed by atoms with Crippen LogP contribution in [0.2, 0.25) is 0 Å². The summed E-state index contributed by atoms with van der Waals surface area (Å²) in [7, 11) is 1.32. The largest absolute Gasteiger partial charge is 0.492 e. The molecule has 4 nitrogen and oxygen atoms in total. The van der Waals surface area contributed by atoms with Crippen LogP contribution >= 0.6 is 0 Å². The van der Waals surface area contributed by atoms with E-state index in [0.29, 0.717) is 17.6 Å². The molecular formula is C14H18O4. The molecule has 0 unspecified atom stereocenters. The smallest absolute Gasteiger partial charge is 0.224 e. The molecule has 0 spiro atoms. The van der Waals surface area contributed by atoms with Gasteiger partial charge in [0.05, 0.1) is 19.3 Å². The van der Waals surface area contributed by atoms with Gasteiger partial charge in [0.25, 0.3) is 0 Å². The summed E-state index contributed by atoms with van der Waals surface area (Å²) < 4.78 is 4.92. The van der Waals surface area contributed by atoms with Crippen molar-refractivity contribution in [2.24, 2.45) is 0 Å². The second-order valence-corrected chi connectivity index (χ2v) is 4.42. The Hall–Kier alpha value is -1.68. The Morgan fingerprint density at radius 1 is 1.22 bits per heavy atom. The molecule has 4 heteroatoms. The van der Waals surface area contributed by atoms with Crippen LogP contribution < -0.4 is 0 Å². The van der Waals surface area contributed by atoms with Crippen LogP contribution in [0, 0.1) is 0 Å². The maximum absolute atomic E-state index is 12.2. The maximum atomic E-state index is 12.2. The first-order chi connectivity index (χ1) is 8.43. The predicted molar refractivity (Wildman–Crippen MR) is 67.9 cm³/mol. The molecule has 98 valence electrons. The fraction of sp³-hybridized carbons (Fsp3) is 0.429. The van der Waals surface area contributed by atoms with Crippen LogP contribution in [0.25, 0.3) is 0 Å². The minimum Gasteiger partial charge on any atom is -0.492 e. The van der Waals surface area contributed by atoms with E-state index in [2.05, 4.69) is 0 Å². The number of hydrogen-bond donors (Lipinski definition) is 1. The average Bonchev–Trinajstić information content (AvgIpc) is 2.32. The summed E-state index contributed by atoms with van der Waals surface area (Å²) >= 11 is 0. The number of methoxy groups -OCH3 is 1. The number of allylic oxidation sites excluding steroid dienone is 4. The lowest BCUT2D eigenvalue weighted by Gasteiger charge is -2.19. The highest BCUT2D eigenvalue weighted by atomic mass is 16.5. The Morgan fingerprint density at radius 3 is 2.28 bits per heavy atom. The van der Waals surface area contributed by atoms with Gasteiger partial charge < -0.3 is 9.84 Å². The Bertz CT molecular complexity index is 474. The third-order valence-electron chi connectivity index (χ3n) is 2.90. The number of carbonyl (C=O) groups excluding carboxylic acids is 2. The van der Waals surface area contributed by atoms with Crippen LogP contribution in [0.1, 0.15) is 27.2 Å². The Balaban J connectivity index is 3.22. The number of aliphatic hydroxyl groups is 1. The van der Waals surface area contributed by atoms with Crippen molar-refractivity contribution in [2.75, 3.05) is 13.7 Å². The number of ether oxygens (including phenoxy) is 1. The lowest BCUT2D eigenvalue weighted by Crippen LogP contribution is -2.25. The van der Waals surface area contributed by atoms with Crippen LogP contribution in [0.3, 0.4) is 0 Å². The molecule has 1 aliphatic rings. The van der Waals surface area contributed by atoms with Crippen molar-refractivity contribution in [3.8, 4) is 0 Å². The highest BCUT2D eigenvalue weighted by Gasteiger charge is 2.32. The quantitative estimate of drug-likeness (QED) is 0.609. The molecule has 0 bridgehead atoms. The molecule has 0 saturated heterocycles. The van der Waals surface area contributed by atoms with E-state index >= 15 is 0 Å². The summed E-state index contributed by atoms with van der Waals surface area (Å²) in [4.78, 5) is 24.2.